The minimum atomic E-state index is -0.385. The van der Waals surface area contributed by atoms with E-state index >= 15 is 0 Å². The van der Waals surface area contributed by atoms with Crippen molar-refractivity contribution in [1.29, 1.82) is 0 Å². The van der Waals surface area contributed by atoms with Crippen molar-refractivity contribution < 1.29 is 13.9 Å². The molecule has 0 unspecified atom stereocenters. The fourth-order valence-electron chi connectivity index (χ4n) is 4.75. The summed E-state index contributed by atoms with van der Waals surface area (Å²) in [5, 5.41) is 0.865. The van der Waals surface area contributed by atoms with E-state index in [4.69, 9.17) is 14.1 Å². The van der Waals surface area contributed by atoms with E-state index in [1.807, 2.05) is 48.2 Å². The number of hydrogen-bond donors (Lipinski definition) is 1. The number of aromatic nitrogens is 2. The average molecular weight is 446 g/mol. The lowest BCUT2D eigenvalue weighted by Gasteiger charge is -2.31. The highest BCUT2D eigenvalue weighted by Gasteiger charge is 2.26. The van der Waals surface area contributed by atoms with Gasteiger partial charge in [-0.05, 0) is 56.0 Å². The Morgan fingerprint density at radius 2 is 2.00 bits per heavy atom. The first kappa shape index (κ1) is 21.2. The smallest absolute Gasteiger partial charge is 0.339 e. The van der Waals surface area contributed by atoms with Crippen LogP contribution in [0.5, 0.6) is 5.75 Å². The van der Waals surface area contributed by atoms with Gasteiger partial charge in [-0.1, -0.05) is 12.1 Å². The number of amides is 1. The Morgan fingerprint density at radius 3 is 2.76 bits per heavy atom. The SMILES string of the molecule is COc1ccc2c(C)c(CCC(=O)N3CCC(c4nc5ccccc5[nH]4)CC3)c(=O)oc2c1. The second kappa shape index (κ2) is 8.73. The molecular formula is C26H27N3O4. The molecule has 0 aliphatic carbocycles. The van der Waals surface area contributed by atoms with Gasteiger partial charge < -0.3 is 19.0 Å². The molecule has 0 saturated carbocycles. The lowest BCUT2D eigenvalue weighted by molar-refractivity contribution is -0.132. The van der Waals surface area contributed by atoms with E-state index in [0.29, 0.717) is 48.7 Å². The summed E-state index contributed by atoms with van der Waals surface area (Å²) in [7, 11) is 1.58. The monoisotopic (exact) mass is 445 g/mol. The molecule has 1 aliphatic heterocycles. The van der Waals surface area contributed by atoms with Crippen molar-refractivity contribution in [2.45, 2.75) is 38.5 Å². The number of likely N-dealkylation sites (tertiary alicyclic amines) is 1. The van der Waals surface area contributed by atoms with Gasteiger partial charge in [0.1, 0.15) is 17.2 Å². The van der Waals surface area contributed by atoms with E-state index in [0.717, 1.165) is 40.6 Å². The zero-order valence-corrected chi connectivity index (χ0v) is 18.9. The minimum absolute atomic E-state index is 0.0756. The number of hydrogen-bond acceptors (Lipinski definition) is 5. The number of rotatable bonds is 5. The number of imidazole rings is 1. The highest BCUT2D eigenvalue weighted by atomic mass is 16.5. The summed E-state index contributed by atoms with van der Waals surface area (Å²) < 4.78 is 10.7. The molecular weight excluding hydrogens is 418 g/mol. The predicted octanol–water partition coefficient (Wildman–Crippen LogP) is 4.33. The molecule has 0 bridgehead atoms. The highest BCUT2D eigenvalue weighted by Crippen LogP contribution is 2.28. The highest BCUT2D eigenvalue weighted by molar-refractivity contribution is 5.83. The molecule has 2 aromatic heterocycles. The summed E-state index contributed by atoms with van der Waals surface area (Å²) in [6.45, 7) is 3.31. The number of methoxy groups -OCH3 is 1. The number of para-hydroxylation sites is 2. The number of benzene rings is 2. The Balaban J connectivity index is 1.23. The number of nitrogens with one attached hydrogen (secondary N) is 1. The number of ether oxygens (including phenoxy) is 1. The maximum atomic E-state index is 12.9. The molecule has 4 aromatic rings. The Bertz CT molecular complexity index is 1350. The summed E-state index contributed by atoms with van der Waals surface area (Å²) in [5.41, 5.74) is 3.57. The first-order valence-corrected chi connectivity index (χ1v) is 11.4. The van der Waals surface area contributed by atoms with Gasteiger partial charge in [0.25, 0.3) is 0 Å². The molecule has 2 aromatic carbocycles. The molecule has 1 saturated heterocycles. The van der Waals surface area contributed by atoms with Gasteiger partial charge in [-0.15, -0.1) is 0 Å². The largest absolute Gasteiger partial charge is 0.497 e. The summed E-state index contributed by atoms with van der Waals surface area (Å²) in [6, 6.07) is 13.5. The number of carbonyl (C=O) groups excluding carboxylic acids is 1. The van der Waals surface area contributed by atoms with E-state index in [-0.39, 0.29) is 11.5 Å². The van der Waals surface area contributed by atoms with Crippen LogP contribution in [-0.2, 0) is 11.2 Å². The van der Waals surface area contributed by atoms with Crippen molar-refractivity contribution in [1.82, 2.24) is 14.9 Å². The zero-order chi connectivity index (χ0) is 22.9. The lowest BCUT2D eigenvalue weighted by Crippen LogP contribution is -2.38. The molecule has 33 heavy (non-hydrogen) atoms. The Kier molecular flexibility index (Phi) is 5.62. The van der Waals surface area contributed by atoms with Gasteiger partial charge in [0.2, 0.25) is 5.91 Å². The molecule has 1 aliphatic rings. The second-order valence-electron chi connectivity index (χ2n) is 8.65. The van der Waals surface area contributed by atoms with Crippen molar-refractivity contribution in [2.24, 2.45) is 0 Å². The maximum Gasteiger partial charge on any atom is 0.339 e. The fourth-order valence-corrected chi connectivity index (χ4v) is 4.75. The Morgan fingerprint density at radius 1 is 1.21 bits per heavy atom. The summed E-state index contributed by atoms with van der Waals surface area (Å²) in [6.07, 6.45) is 2.43. The van der Waals surface area contributed by atoms with Crippen LogP contribution in [0.1, 0.15) is 42.1 Å². The third-order valence-electron chi connectivity index (χ3n) is 6.73. The number of nitrogens with zero attached hydrogens (tertiary/aromatic N) is 2. The number of aromatic amines is 1. The van der Waals surface area contributed by atoms with Gasteiger partial charge in [0.15, 0.2) is 0 Å². The third-order valence-corrected chi connectivity index (χ3v) is 6.73. The average Bonchev–Trinajstić information content (AvgIpc) is 3.28. The van der Waals surface area contributed by atoms with E-state index in [9.17, 15) is 9.59 Å². The second-order valence-corrected chi connectivity index (χ2v) is 8.65. The molecule has 0 radical (unpaired) electrons. The van der Waals surface area contributed by atoms with Crippen LogP contribution in [-0.4, -0.2) is 41.0 Å². The Labute approximate surface area is 191 Å². The molecule has 170 valence electrons. The van der Waals surface area contributed by atoms with Crippen molar-refractivity contribution in [2.75, 3.05) is 20.2 Å². The Hall–Kier alpha value is -3.61. The van der Waals surface area contributed by atoms with Gasteiger partial charge in [-0.2, -0.15) is 0 Å². The predicted molar refractivity (Wildman–Crippen MR) is 127 cm³/mol. The molecule has 5 rings (SSSR count). The number of H-pyrrole nitrogens is 1. The first-order chi connectivity index (χ1) is 16.0. The molecule has 0 atom stereocenters. The van der Waals surface area contributed by atoms with E-state index in [1.165, 1.54) is 0 Å². The molecule has 3 heterocycles. The molecule has 1 amide bonds. The number of fused-ring (bicyclic) bond motifs is 2. The van der Waals surface area contributed by atoms with Crippen LogP contribution < -0.4 is 10.4 Å². The quantitative estimate of drug-likeness (QED) is 0.462. The maximum absolute atomic E-state index is 12.9. The van der Waals surface area contributed by atoms with E-state index in [1.54, 1.807) is 13.2 Å². The van der Waals surface area contributed by atoms with Crippen LogP contribution in [0.2, 0.25) is 0 Å². The topological polar surface area (TPSA) is 88.4 Å². The number of carbonyl (C=O) groups is 1. The van der Waals surface area contributed by atoms with Crippen LogP contribution in [0, 0.1) is 6.92 Å². The van der Waals surface area contributed by atoms with E-state index in [2.05, 4.69) is 4.98 Å². The molecule has 1 fully saturated rings. The number of aryl methyl sites for hydroxylation is 1. The van der Waals surface area contributed by atoms with Gasteiger partial charge in [0, 0.05) is 42.4 Å². The standard InChI is InChI=1S/C26H27N3O4/c1-16-19-8-7-18(32-2)15-23(19)33-26(31)20(16)9-10-24(30)29-13-11-17(12-14-29)25-27-21-5-3-4-6-22(21)28-25/h3-8,15,17H,9-14H2,1-2H3,(H,27,28). The summed E-state index contributed by atoms with van der Waals surface area (Å²) in [5.74, 6) is 2.04. The van der Waals surface area contributed by atoms with Crippen LogP contribution in [0.4, 0.5) is 0 Å². The summed E-state index contributed by atoms with van der Waals surface area (Å²) in [4.78, 5) is 35.5. The van der Waals surface area contributed by atoms with Crippen molar-refractivity contribution in [3.05, 3.63) is 69.8 Å². The lowest BCUT2D eigenvalue weighted by atomic mass is 9.95. The van der Waals surface area contributed by atoms with Gasteiger partial charge in [-0.3, -0.25) is 4.79 Å². The third kappa shape index (κ3) is 4.11. The van der Waals surface area contributed by atoms with Crippen molar-refractivity contribution >= 4 is 27.9 Å². The van der Waals surface area contributed by atoms with Crippen LogP contribution in [0.3, 0.4) is 0 Å². The van der Waals surface area contributed by atoms with E-state index < -0.39 is 0 Å². The molecule has 7 nitrogen and oxygen atoms in total. The zero-order valence-electron chi connectivity index (χ0n) is 18.9. The minimum Gasteiger partial charge on any atom is -0.497 e. The van der Waals surface area contributed by atoms with Gasteiger partial charge in [0.05, 0.1) is 18.1 Å². The van der Waals surface area contributed by atoms with Crippen molar-refractivity contribution in [3.8, 4) is 5.75 Å². The number of piperidine rings is 1. The molecule has 0 spiro atoms. The first-order valence-electron chi connectivity index (χ1n) is 11.4. The molecule has 7 heteroatoms. The van der Waals surface area contributed by atoms with Gasteiger partial charge >= 0.3 is 5.63 Å². The summed E-state index contributed by atoms with van der Waals surface area (Å²) >= 11 is 0. The normalized spacial score (nSPS) is 14.8. The molecule has 1 N–H and O–H groups in total. The van der Waals surface area contributed by atoms with Crippen LogP contribution in [0.15, 0.2) is 51.7 Å². The van der Waals surface area contributed by atoms with Crippen LogP contribution >= 0.6 is 0 Å². The van der Waals surface area contributed by atoms with Gasteiger partial charge in [-0.25, -0.2) is 9.78 Å². The van der Waals surface area contributed by atoms with Crippen LogP contribution in [0.25, 0.3) is 22.0 Å². The fraction of sp³-hybridized carbons (Fsp3) is 0.346. The van der Waals surface area contributed by atoms with Crippen molar-refractivity contribution in [3.63, 3.8) is 0 Å².